The molecule has 130 valence electrons. The molecule has 0 spiro atoms. The lowest BCUT2D eigenvalue weighted by atomic mass is 10.1. The van der Waals surface area contributed by atoms with E-state index in [9.17, 15) is 9.59 Å². The molecule has 0 aliphatic rings. The standard InChI is InChI=1S/C17H14N6O2S/c24-16(15-13-5-2-1-4-12(13)7-8-18-15)19-9-10-22-17(25)23(21-20-22)14-6-3-11-26-14/h1-8,11H,9-10H2,(H,19,24). The highest BCUT2D eigenvalue weighted by atomic mass is 32.1. The minimum Gasteiger partial charge on any atom is -0.349 e. The van der Waals surface area contributed by atoms with E-state index >= 15 is 0 Å². The van der Waals surface area contributed by atoms with E-state index in [2.05, 4.69) is 20.7 Å². The zero-order chi connectivity index (χ0) is 17.9. The molecule has 1 N–H and O–H groups in total. The second kappa shape index (κ2) is 6.89. The zero-order valence-electron chi connectivity index (χ0n) is 13.6. The predicted molar refractivity (Wildman–Crippen MR) is 97.6 cm³/mol. The van der Waals surface area contributed by atoms with Crippen molar-refractivity contribution < 1.29 is 4.79 Å². The normalized spacial score (nSPS) is 10.9. The third-order valence-electron chi connectivity index (χ3n) is 3.85. The molecule has 26 heavy (non-hydrogen) atoms. The number of thiophene rings is 1. The number of rotatable bonds is 5. The number of hydrogen-bond donors (Lipinski definition) is 1. The number of amides is 1. The Morgan fingerprint density at radius 3 is 2.85 bits per heavy atom. The van der Waals surface area contributed by atoms with E-state index in [0.29, 0.717) is 10.7 Å². The molecule has 3 heterocycles. The maximum atomic E-state index is 12.4. The average molecular weight is 366 g/mol. The molecule has 0 radical (unpaired) electrons. The van der Waals surface area contributed by atoms with Gasteiger partial charge in [0.15, 0.2) is 0 Å². The number of nitrogens with one attached hydrogen (secondary N) is 1. The fraction of sp³-hybridized carbons (Fsp3) is 0.118. The second-order valence-corrected chi connectivity index (χ2v) is 6.41. The van der Waals surface area contributed by atoms with Gasteiger partial charge in [0.1, 0.15) is 10.7 Å². The van der Waals surface area contributed by atoms with Crippen LogP contribution in [0.25, 0.3) is 15.8 Å². The van der Waals surface area contributed by atoms with E-state index in [1.165, 1.54) is 20.7 Å². The predicted octanol–water partition coefficient (Wildman–Crippen LogP) is 1.47. The first-order valence-corrected chi connectivity index (χ1v) is 8.80. The summed E-state index contributed by atoms with van der Waals surface area (Å²) in [7, 11) is 0. The maximum Gasteiger partial charge on any atom is 0.369 e. The quantitative estimate of drug-likeness (QED) is 0.577. The van der Waals surface area contributed by atoms with Gasteiger partial charge in [0.05, 0.1) is 6.54 Å². The van der Waals surface area contributed by atoms with Crippen LogP contribution in [0.2, 0.25) is 0 Å². The van der Waals surface area contributed by atoms with Crippen molar-refractivity contribution in [2.75, 3.05) is 6.54 Å². The molecule has 1 aromatic carbocycles. The monoisotopic (exact) mass is 366 g/mol. The van der Waals surface area contributed by atoms with Crippen LogP contribution in [0.1, 0.15) is 10.5 Å². The van der Waals surface area contributed by atoms with E-state index in [0.717, 1.165) is 10.8 Å². The van der Waals surface area contributed by atoms with E-state index in [-0.39, 0.29) is 24.7 Å². The Balaban J connectivity index is 1.45. The lowest BCUT2D eigenvalue weighted by Crippen LogP contribution is -2.32. The Morgan fingerprint density at radius 2 is 2.00 bits per heavy atom. The molecular formula is C17H14N6O2S. The van der Waals surface area contributed by atoms with Crippen LogP contribution in [0, 0.1) is 0 Å². The number of pyridine rings is 1. The number of hydrogen-bond acceptors (Lipinski definition) is 6. The van der Waals surface area contributed by atoms with Crippen LogP contribution in [-0.2, 0) is 6.54 Å². The van der Waals surface area contributed by atoms with Crippen molar-refractivity contribution in [1.29, 1.82) is 0 Å². The van der Waals surface area contributed by atoms with Gasteiger partial charge in [0.2, 0.25) is 0 Å². The summed E-state index contributed by atoms with van der Waals surface area (Å²) >= 11 is 1.40. The average Bonchev–Trinajstić information content (AvgIpc) is 3.31. The highest BCUT2D eigenvalue weighted by Crippen LogP contribution is 2.16. The Bertz CT molecular complexity index is 1110. The highest BCUT2D eigenvalue weighted by molar-refractivity contribution is 7.12. The maximum absolute atomic E-state index is 12.4. The van der Waals surface area contributed by atoms with Crippen LogP contribution in [0.4, 0.5) is 0 Å². The SMILES string of the molecule is O=C(NCCn1nnn(-c2cccs2)c1=O)c1nccc2ccccc12. The highest BCUT2D eigenvalue weighted by Gasteiger charge is 2.12. The lowest BCUT2D eigenvalue weighted by Gasteiger charge is -2.06. The molecular weight excluding hydrogens is 352 g/mol. The minimum absolute atomic E-state index is 0.223. The molecule has 0 fully saturated rings. The van der Waals surface area contributed by atoms with Crippen molar-refractivity contribution >= 4 is 28.0 Å². The molecule has 8 nitrogen and oxygen atoms in total. The first kappa shape index (κ1) is 16.2. The summed E-state index contributed by atoms with van der Waals surface area (Å²) in [5.74, 6) is -0.291. The van der Waals surface area contributed by atoms with E-state index < -0.39 is 0 Å². The molecule has 0 saturated heterocycles. The Labute approximate surface area is 151 Å². The lowest BCUT2D eigenvalue weighted by molar-refractivity contribution is 0.0948. The molecule has 4 aromatic rings. The topological polar surface area (TPSA) is 94.7 Å². The number of aromatic nitrogens is 5. The number of benzene rings is 1. The number of tetrazole rings is 1. The van der Waals surface area contributed by atoms with Crippen LogP contribution in [-0.4, -0.2) is 37.2 Å². The van der Waals surface area contributed by atoms with Gasteiger partial charge in [-0.1, -0.05) is 24.3 Å². The number of nitrogens with zero attached hydrogens (tertiary/aromatic N) is 5. The van der Waals surface area contributed by atoms with Crippen molar-refractivity contribution in [2.45, 2.75) is 6.54 Å². The van der Waals surface area contributed by atoms with Gasteiger partial charge in [-0.25, -0.2) is 4.79 Å². The van der Waals surface area contributed by atoms with Crippen molar-refractivity contribution in [3.63, 3.8) is 0 Å². The summed E-state index contributed by atoms with van der Waals surface area (Å²) in [4.78, 5) is 28.9. The molecule has 0 aliphatic heterocycles. The number of carbonyl (C=O) groups is 1. The Kier molecular flexibility index (Phi) is 4.28. The van der Waals surface area contributed by atoms with Crippen LogP contribution < -0.4 is 11.0 Å². The molecule has 0 aliphatic carbocycles. The second-order valence-electron chi connectivity index (χ2n) is 5.48. The summed E-state index contributed by atoms with van der Waals surface area (Å²) in [6.07, 6.45) is 1.61. The molecule has 1 amide bonds. The van der Waals surface area contributed by atoms with Crippen LogP contribution >= 0.6 is 11.3 Å². The van der Waals surface area contributed by atoms with Gasteiger partial charge in [-0.2, -0.15) is 9.36 Å². The van der Waals surface area contributed by atoms with Gasteiger partial charge < -0.3 is 5.32 Å². The summed E-state index contributed by atoms with van der Waals surface area (Å²) in [6, 6.07) is 13.0. The van der Waals surface area contributed by atoms with Crippen molar-refractivity contribution in [3.05, 3.63) is 70.2 Å². The van der Waals surface area contributed by atoms with Gasteiger partial charge in [-0.15, -0.1) is 11.3 Å². The zero-order valence-corrected chi connectivity index (χ0v) is 14.4. The molecule has 9 heteroatoms. The molecule has 0 atom stereocenters. The fourth-order valence-corrected chi connectivity index (χ4v) is 3.27. The molecule has 4 rings (SSSR count). The number of carbonyl (C=O) groups excluding carboxylic acids is 1. The largest absolute Gasteiger partial charge is 0.369 e. The van der Waals surface area contributed by atoms with E-state index in [4.69, 9.17) is 0 Å². The summed E-state index contributed by atoms with van der Waals surface area (Å²) in [5.41, 5.74) is 0.0164. The summed E-state index contributed by atoms with van der Waals surface area (Å²) in [5, 5.41) is 14.8. The van der Waals surface area contributed by atoms with Crippen LogP contribution in [0.5, 0.6) is 0 Å². The first-order valence-electron chi connectivity index (χ1n) is 7.93. The minimum atomic E-state index is -0.343. The third kappa shape index (κ3) is 3.00. The van der Waals surface area contributed by atoms with Crippen molar-refractivity contribution in [2.24, 2.45) is 0 Å². The molecule has 0 saturated carbocycles. The third-order valence-corrected chi connectivity index (χ3v) is 4.70. The van der Waals surface area contributed by atoms with Gasteiger partial charge in [0, 0.05) is 18.1 Å². The van der Waals surface area contributed by atoms with Gasteiger partial charge >= 0.3 is 5.69 Å². The molecule has 0 bridgehead atoms. The molecule has 0 unspecified atom stereocenters. The van der Waals surface area contributed by atoms with E-state index in [1.807, 2.05) is 41.8 Å². The molecule has 3 aromatic heterocycles. The van der Waals surface area contributed by atoms with Gasteiger partial charge in [-0.3, -0.25) is 9.78 Å². The number of fused-ring (bicyclic) bond motifs is 1. The summed E-state index contributed by atoms with van der Waals surface area (Å²) in [6.45, 7) is 0.466. The fourth-order valence-electron chi connectivity index (χ4n) is 2.60. The Hall–Kier alpha value is -3.33. The van der Waals surface area contributed by atoms with Crippen LogP contribution in [0.3, 0.4) is 0 Å². The summed E-state index contributed by atoms with van der Waals surface area (Å²) < 4.78 is 2.45. The van der Waals surface area contributed by atoms with Gasteiger partial charge in [-0.05, 0) is 39.4 Å². The van der Waals surface area contributed by atoms with Crippen LogP contribution in [0.15, 0.2) is 58.8 Å². The first-order chi connectivity index (χ1) is 12.7. The van der Waals surface area contributed by atoms with Crippen molar-refractivity contribution in [1.82, 2.24) is 30.1 Å². The van der Waals surface area contributed by atoms with Gasteiger partial charge in [0.25, 0.3) is 5.91 Å². The van der Waals surface area contributed by atoms with Crippen molar-refractivity contribution in [3.8, 4) is 5.00 Å². The Morgan fingerprint density at radius 1 is 1.12 bits per heavy atom. The smallest absolute Gasteiger partial charge is 0.349 e. The van der Waals surface area contributed by atoms with E-state index in [1.54, 1.807) is 12.3 Å².